The summed E-state index contributed by atoms with van der Waals surface area (Å²) in [5.41, 5.74) is 4.24. The van der Waals surface area contributed by atoms with E-state index in [1.165, 1.54) is 12.7 Å². The van der Waals surface area contributed by atoms with Gasteiger partial charge in [-0.3, -0.25) is 0 Å². The monoisotopic (exact) mass is 229 g/mol. The number of rotatable bonds is 2. The van der Waals surface area contributed by atoms with Crippen LogP contribution in [0.5, 0.6) is 0 Å². The molecular formula is C14H15NO2. The molecule has 0 amide bonds. The van der Waals surface area contributed by atoms with Gasteiger partial charge in [0.05, 0.1) is 7.11 Å². The van der Waals surface area contributed by atoms with Crippen LogP contribution in [0.4, 0.5) is 0 Å². The molecule has 0 saturated heterocycles. The maximum absolute atomic E-state index is 11.3. The highest BCUT2D eigenvalue weighted by Gasteiger charge is 2.09. The van der Waals surface area contributed by atoms with Gasteiger partial charge in [0, 0.05) is 0 Å². The molecule has 88 valence electrons. The normalized spacial score (nSPS) is 10.9. The third-order valence-electron chi connectivity index (χ3n) is 2.71. The summed E-state index contributed by atoms with van der Waals surface area (Å²) in [7, 11) is 1.26. The summed E-state index contributed by atoms with van der Waals surface area (Å²) in [6.07, 6.45) is 1.56. The molecule has 0 bridgehead atoms. The lowest BCUT2D eigenvalue weighted by molar-refractivity contribution is -0.135. The van der Waals surface area contributed by atoms with Gasteiger partial charge in [0.25, 0.3) is 0 Å². The second kappa shape index (κ2) is 5.31. The fourth-order valence-electron chi connectivity index (χ4n) is 1.54. The molecule has 0 spiro atoms. The Kier molecular flexibility index (Phi) is 4.06. The van der Waals surface area contributed by atoms with Crippen LogP contribution >= 0.6 is 0 Å². The van der Waals surface area contributed by atoms with Crippen LogP contribution in [0.15, 0.2) is 17.7 Å². The number of hydrogen-bond acceptors (Lipinski definition) is 3. The molecule has 0 aliphatic rings. The Morgan fingerprint density at radius 2 is 1.82 bits per heavy atom. The minimum Gasteiger partial charge on any atom is -0.465 e. The smallest absolute Gasteiger partial charge is 0.348 e. The number of benzene rings is 1. The molecule has 0 N–H and O–H groups in total. The van der Waals surface area contributed by atoms with Gasteiger partial charge in [-0.05, 0) is 49.1 Å². The van der Waals surface area contributed by atoms with E-state index in [4.69, 9.17) is 5.26 Å². The van der Waals surface area contributed by atoms with Crippen molar-refractivity contribution in [3.05, 3.63) is 40.0 Å². The van der Waals surface area contributed by atoms with Crippen molar-refractivity contribution in [2.24, 2.45) is 0 Å². The van der Waals surface area contributed by atoms with E-state index in [9.17, 15) is 4.79 Å². The summed E-state index contributed by atoms with van der Waals surface area (Å²) in [5.74, 6) is -0.606. The number of aryl methyl sites for hydroxylation is 3. The van der Waals surface area contributed by atoms with Crippen molar-refractivity contribution >= 4 is 12.0 Å². The molecule has 3 heteroatoms. The van der Waals surface area contributed by atoms with E-state index in [-0.39, 0.29) is 5.57 Å². The Hall–Kier alpha value is -2.08. The number of esters is 1. The van der Waals surface area contributed by atoms with E-state index in [1.54, 1.807) is 6.08 Å². The highest BCUT2D eigenvalue weighted by atomic mass is 16.5. The Balaban J connectivity index is 3.27. The highest BCUT2D eigenvalue weighted by molar-refractivity contribution is 5.98. The molecule has 0 aromatic heterocycles. The molecule has 0 heterocycles. The lowest BCUT2D eigenvalue weighted by Crippen LogP contribution is -2.03. The van der Waals surface area contributed by atoms with Crippen LogP contribution < -0.4 is 0 Å². The quantitative estimate of drug-likeness (QED) is 0.445. The average Bonchev–Trinajstić information content (AvgIpc) is 2.31. The Morgan fingerprint density at radius 3 is 2.35 bits per heavy atom. The SMILES string of the molecule is COC(=O)/C(C#N)=C/c1cc(C)c(C)cc1C. The van der Waals surface area contributed by atoms with Gasteiger partial charge in [0.15, 0.2) is 0 Å². The lowest BCUT2D eigenvalue weighted by Gasteiger charge is -2.06. The molecule has 1 aromatic carbocycles. The molecule has 17 heavy (non-hydrogen) atoms. The van der Waals surface area contributed by atoms with Crippen LogP contribution in [0, 0.1) is 32.1 Å². The molecule has 1 rings (SSSR count). The number of methoxy groups -OCH3 is 1. The molecule has 3 nitrogen and oxygen atoms in total. The van der Waals surface area contributed by atoms with Gasteiger partial charge in [-0.1, -0.05) is 12.1 Å². The molecule has 0 saturated carbocycles. The van der Waals surface area contributed by atoms with Crippen LogP contribution in [0.1, 0.15) is 22.3 Å². The predicted molar refractivity (Wildman–Crippen MR) is 66.3 cm³/mol. The third kappa shape index (κ3) is 2.94. The number of nitriles is 1. The first-order valence-electron chi connectivity index (χ1n) is 5.27. The van der Waals surface area contributed by atoms with Crippen LogP contribution in [-0.4, -0.2) is 13.1 Å². The lowest BCUT2D eigenvalue weighted by atomic mass is 9.99. The number of carbonyl (C=O) groups is 1. The zero-order valence-electron chi connectivity index (χ0n) is 10.5. The topological polar surface area (TPSA) is 50.1 Å². The van der Waals surface area contributed by atoms with Gasteiger partial charge in [-0.15, -0.1) is 0 Å². The average molecular weight is 229 g/mol. The molecule has 0 fully saturated rings. The van der Waals surface area contributed by atoms with E-state index < -0.39 is 5.97 Å². The van der Waals surface area contributed by atoms with Crippen molar-refractivity contribution in [3.8, 4) is 6.07 Å². The zero-order valence-corrected chi connectivity index (χ0v) is 10.5. The summed E-state index contributed by atoms with van der Waals surface area (Å²) < 4.78 is 4.54. The number of hydrogen-bond donors (Lipinski definition) is 0. The maximum atomic E-state index is 11.3. The Bertz CT molecular complexity index is 522. The fraction of sp³-hybridized carbons (Fsp3) is 0.286. The maximum Gasteiger partial charge on any atom is 0.348 e. The predicted octanol–water partition coefficient (Wildman–Crippen LogP) is 2.69. The second-order valence-electron chi connectivity index (χ2n) is 3.95. The summed E-state index contributed by atoms with van der Waals surface area (Å²) in [6.45, 7) is 5.97. The molecule has 0 atom stereocenters. The Morgan fingerprint density at radius 1 is 1.24 bits per heavy atom. The van der Waals surface area contributed by atoms with Crippen molar-refractivity contribution in [2.75, 3.05) is 7.11 Å². The number of ether oxygens (including phenoxy) is 1. The van der Waals surface area contributed by atoms with E-state index in [2.05, 4.69) is 4.74 Å². The van der Waals surface area contributed by atoms with Crippen LogP contribution in [0.3, 0.4) is 0 Å². The van der Waals surface area contributed by atoms with Gasteiger partial charge in [0.1, 0.15) is 11.6 Å². The highest BCUT2D eigenvalue weighted by Crippen LogP contribution is 2.18. The first-order valence-corrected chi connectivity index (χ1v) is 5.27. The van der Waals surface area contributed by atoms with Crippen molar-refractivity contribution in [1.82, 2.24) is 0 Å². The first-order chi connectivity index (χ1) is 7.99. The van der Waals surface area contributed by atoms with E-state index in [1.807, 2.05) is 39.0 Å². The standard InChI is InChI=1S/C14H15NO2/c1-9-5-11(3)12(6-10(9)2)7-13(8-15)14(16)17-4/h5-7H,1-4H3/b13-7+. The minimum absolute atomic E-state index is 0.0128. The largest absolute Gasteiger partial charge is 0.465 e. The van der Waals surface area contributed by atoms with E-state index >= 15 is 0 Å². The molecular weight excluding hydrogens is 214 g/mol. The van der Waals surface area contributed by atoms with Crippen LogP contribution in [0.25, 0.3) is 6.08 Å². The van der Waals surface area contributed by atoms with E-state index in [0.29, 0.717) is 0 Å². The molecule has 0 unspecified atom stereocenters. The number of carbonyl (C=O) groups excluding carboxylic acids is 1. The fourth-order valence-corrected chi connectivity index (χ4v) is 1.54. The van der Waals surface area contributed by atoms with Crippen molar-refractivity contribution in [2.45, 2.75) is 20.8 Å². The summed E-state index contributed by atoms with van der Waals surface area (Å²) >= 11 is 0. The van der Waals surface area contributed by atoms with Crippen LogP contribution in [-0.2, 0) is 9.53 Å². The third-order valence-corrected chi connectivity index (χ3v) is 2.71. The van der Waals surface area contributed by atoms with Gasteiger partial charge >= 0.3 is 5.97 Å². The summed E-state index contributed by atoms with van der Waals surface area (Å²) in [6, 6.07) is 5.85. The van der Waals surface area contributed by atoms with Crippen LogP contribution in [0.2, 0.25) is 0 Å². The van der Waals surface area contributed by atoms with Crippen molar-refractivity contribution in [1.29, 1.82) is 5.26 Å². The molecule has 0 aliphatic carbocycles. The minimum atomic E-state index is -0.606. The van der Waals surface area contributed by atoms with E-state index in [0.717, 1.165) is 16.7 Å². The van der Waals surface area contributed by atoms with Gasteiger partial charge in [-0.25, -0.2) is 4.79 Å². The van der Waals surface area contributed by atoms with Gasteiger partial charge in [0.2, 0.25) is 0 Å². The molecule has 1 aromatic rings. The van der Waals surface area contributed by atoms with Gasteiger partial charge in [-0.2, -0.15) is 5.26 Å². The van der Waals surface area contributed by atoms with Gasteiger partial charge < -0.3 is 4.74 Å². The molecule has 0 aliphatic heterocycles. The van der Waals surface area contributed by atoms with Crippen molar-refractivity contribution < 1.29 is 9.53 Å². The second-order valence-corrected chi connectivity index (χ2v) is 3.95. The Labute approximate surface area is 101 Å². The summed E-state index contributed by atoms with van der Waals surface area (Å²) in [5, 5.41) is 8.88. The number of nitrogens with zero attached hydrogens (tertiary/aromatic N) is 1. The summed E-state index contributed by atoms with van der Waals surface area (Å²) in [4.78, 5) is 11.3. The first kappa shape index (κ1) is 13.0. The zero-order chi connectivity index (χ0) is 13.0. The van der Waals surface area contributed by atoms with Crippen molar-refractivity contribution in [3.63, 3.8) is 0 Å². The molecule has 0 radical (unpaired) electrons.